The monoisotopic (exact) mass is 906 g/mol. The fourth-order valence-corrected chi connectivity index (χ4v) is 12.7. The van der Waals surface area contributed by atoms with Crippen molar-refractivity contribution in [2.45, 2.75) is 113 Å². The molecule has 0 heterocycles. The maximum atomic E-state index is 12.5. The molecular formula is C39H53AuFN3O4PS+. The summed E-state index contributed by atoms with van der Waals surface area (Å²) in [7, 11) is -1.06. The number of anilines is 2. The topological polar surface area (TPSA) is 87.7 Å². The molecule has 0 bridgehead atoms. The van der Waals surface area contributed by atoms with E-state index in [-0.39, 0.29) is 40.1 Å². The maximum absolute atomic E-state index is 12.5. The molecule has 11 heteroatoms. The van der Waals surface area contributed by atoms with Crippen LogP contribution < -0.4 is 25.0 Å². The van der Waals surface area contributed by atoms with Crippen molar-refractivity contribution in [3.05, 3.63) is 84.4 Å². The molecule has 3 fully saturated rings. The number of amides is 1. The first-order chi connectivity index (χ1) is 23.7. The molecule has 3 aromatic carbocycles. The fraction of sp³-hybridized carbons (Fsp3) is 0.513. The van der Waals surface area contributed by atoms with Gasteiger partial charge in [-0.25, -0.2) is 0 Å². The van der Waals surface area contributed by atoms with Crippen molar-refractivity contribution in [2.75, 3.05) is 24.3 Å². The third-order valence-electron chi connectivity index (χ3n) is 10.3. The van der Waals surface area contributed by atoms with Gasteiger partial charge >= 0.3 is 32.9 Å². The molecule has 276 valence electrons. The van der Waals surface area contributed by atoms with Gasteiger partial charge in [0.25, 0.3) is 5.91 Å². The van der Waals surface area contributed by atoms with Crippen LogP contribution in [0.2, 0.25) is 0 Å². The smallest absolute Gasteiger partial charge is 0.404 e. The SMILES string of the molecule is CN(C)c1ccccc1[PH+](C1CCCCC1)C1CCCCC1.O=C(NC1CCC(Nc2cc[c-]cc2)CC1)c1ccc(OS(=O)(=O)F)cc1.[Au+]. The van der Waals surface area contributed by atoms with Crippen molar-refractivity contribution in [3.63, 3.8) is 0 Å². The van der Waals surface area contributed by atoms with E-state index in [4.69, 9.17) is 0 Å². The Kier molecular flexibility index (Phi) is 16.1. The van der Waals surface area contributed by atoms with Crippen LogP contribution >= 0.6 is 7.92 Å². The van der Waals surface area contributed by atoms with Crippen LogP contribution in [0.15, 0.2) is 72.8 Å². The Morgan fingerprint density at radius 3 is 1.86 bits per heavy atom. The van der Waals surface area contributed by atoms with Gasteiger partial charge in [0.2, 0.25) is 0 Å². The summed E-state index contributed by atoms with van der Waals surface area (Å²) in [6.45, 7) is 0. The van der Waals surface area contributed by atoms with Crippen LogP contribution in [-0.4, -0.2) is 51.8 Å². The Morgan fingerprint density at radius 1 is 0.780 bits per heavy atom. The quantitative estimate of drug-likeness (QED) is 0.0920. The molecule has 0 aromatic heterocycles. The summed E-state index contributed by atoms with van der Waals surface area (Å²) < 4.78 is 37.5. The number of benzene rings is 3. The number of nitrogens with one attached hydrogen (secondary N) is 2. The van der Waals surface area contributed by atoms with Gasteiger partial charge in [0.15, 0.2) is 0 Å². The Morgan fingerprint density at radius 2 is 1.32 bits per heavy atom. The number of halogens is 1. The predicted octanol–water partition coefficient (Wildman–Crippen LogP) is 8.49. The van der Waals surface area contributed by atoms with Crippen LogP contribution in [0.1, 0.15) is 100 Å². The number of para-hydroxylation sites is 1. The Hall–Kier alpha value is -2.42. The second kappa shape index (κ2) is 20.0. The van der Waals surface area contributed by atoms with Gasteiger partial charge in [-0.05, 0) is 113 Å². The van der Waals surface area contributed by atoms with E-state index in [1.807, 2.05) is 24.3 Å². The Labute approximate surface area is 316 Å². The molecule has 6 rings (SSSR count). The first-order valence-electron chi connectivity index (χ1n) is 18.1. The van der Waals surface area contributed by atoms with Crippen molar-refractivity contribution in [1.29, 1.82) is 0 Å². The van der Waals surface area contributed by atoms with Crippen molar-refractivity contribution >= 4 is 41.0 Å². The summed E-state index contributed by atoms with van der Waals surface area (Å²) in [5.74, 6) is -0.432. The van der Waals surface area contributed by atoms with E-state index in [1.165, 1.54) is 94.2 Å². The number of carbonyl (C=O) groups is 1. The molecule has 0 unspecified atom stereocenters. The minimum Gasteiger partial charge on any atom is -0.404 e. The molecule has 3 aromatic rings. The Bertz CT molecular complexity index is 1540. The number of hydrogen-bond acceptors (Lipinski definition) is 6. The van der Waals surface area contributed by atoms with E-state index in [2.05, 4.69) is 64.1 Å². The van der Waals surface area contributed by atoms with Gasteiger partial charge in [0, 0.05) is 39.7 Å². The number of carbonyl (C=O) groups excluding carboxylic acids is 1. The van der Waals surface area contributed by atoms with E-state index < -0.39 is 18.4 Å². The summed E-state index contributed by atoms with van der Waals surface area (Å²) in [6.07, 6.45) is 18.5. The average Bonchev–Trinajstić information content (AvgIpc) is 3.11. The van der Waals surface area contributed by atoms with Gasteiger partial charge in [0.1, 0.15) is 11.1 Å². The van der Waals surface area contributed by atoms with E-state index in [1.54, 1.807) is 5.30 Å². The summed E-state index contributed by atoms with van der Waals surface area (Å²) in [6, 6.07) is 25.8. The number of rotatable bonds is 10. The molecule has 0 aliphatic heterocycles. The maximum Gasteiger partial charge on any atom is 1.00 e. The minimum atomic E-state index is -5.07. The fourth-order valence-electron chi connectivity index (χ4n) is 7.85. The van der Waals surface area contributed by atoms with Crippen molar-refractivity contribution < 1.29 is 43.7 Å². The molecule has 3 aliphatic carbocycles. The zero-order valence-corrected chi connectivity index (χ0v) is 33.3. The third kappa shape index (κ3) is 12.4. The van der Waals surface area contributed by atoms with Crippen LogP contribution in [0.25, 0.3) is 0 Å². The van der Waals surface area contributed by atoms with Crippen LogP contribution in [0.5, 0.6) is 5.75 Å². The van der Waals surface area contributed by atoms with Gasteiger partial charge in [0.05, 0.1) is 17.0 Å². The van der Waals surface area contributed by atoms with E-state index in [0.29, 0.717) is 11.6 Å². The first-order valence-corrected chi connectivity index (χ1v) is 21.0. The molecule has 2 N–H and O–H groups in total. The molecular weight excluding hydrogens is 853 g/mol. The normalized spacial score (nSPS) is 20.1. The molecule has 3 saturated carbocycles. The van der Waals surface area contributed by atoms with Crippen molar-refractivity contribution in [3.8, 4) is 5.75 Å². The Balaban J connectivity index is 0.000000225. The zero-order chi connectivity index (χ0) is 34.6. The van der Waals surface area contributed by atoms with Crippen LogP contribution in [0, 0.1) is 6.07 Å². The number of nitrogens with zero attached hydrogens (tertiary/aromatic N) is 1. The van der Waals surface area contributed by atoms with Crippen molar-refractivity contribution in [1.82, 2.24) is 5.32 Å². The average molecular weight is 907 g/mol. The second-order valence-corrected chi connectivity index (χ2v) is 18.0. The molecule has 50 heavy (non-hydrogen) atoms. The van der Waals surface area contributed by atoms with E-state index >= 15 is 0 Å². The molecule has 0 saturated heterocycles. The van der Waals surface area contributed by atoms with Crippen LogP contribution in [-0.2, 0) is 32.9 Å². The first kappa shape index (κ1) is 40.4. The number of hydrogen-bond donors (Lipinski definition) is 2. The van der Waals surface area contributed by atoms with Gasteiger partial charge in [-0.2, -0.15) is 26.6 Å². The molecule has 1 amide bonds. The van der Waals surface area contributed by atoms with Gasteiger partial charge in [-0.3, -0.25) is 4.79 Å². The molecule has 0 atom stereocenters. The summed E-state index contributed by atoms with van der Waals surface area (Å²) in [5, 5.41) is 8.21. The second-order valence-electron chi connectivity index (χ2n) is 14.0. The zero-order valence-electron chi connectivity index (χ0n) is 29.3. The van der Waals surface area contributed by atoms with E-state index in [0.717, 1.165) is 42.7 Å². The molecule has 7 nitrogen and oxygen atoms in total. The molecule has 0 radical (unpaired) electrons. The minimum absolute atomic E-state index is 0. The van der Waals surface area contributed by atoms with Crippen LogP contribution in [0.3, 0.4) is 0 Å². The summed E-state index contributed by atoms with van der Waals surface area (Å²) in [4.78, 5) is 14.7. The molecule has 0 spiro atoms. The predicted molar refractivity (Wildman–Crippen MR) is 202 cm³/mol. The third-order valence-corrected chi connectivity index (χ3v) is 14.6. The van der Waals surface area contributed by atoms with Gasteiger partial charge in [-0.1, -0.05) is 34.5 Å². The largest absolute Gasteiger partial charge is 1.00 e. The van der Waals surface area contributed by atoms with Gasteiger partial charge < -0.3 is 19.7 Å². The summed E-state index contributed by atoms with van der Waals surface area (Å²) >= 11 is 0. The van der Waals surface area contributed by atoms with E-state index in [9.17, 15) is 17.1 Å². The molecule has 3 aliphatic rings. The summed E-state index contributed by atoms with van der Waals surface area (Å²) in [5.41, 5.74) is 5.00. The van der Waals surface area contributed by atoms with Gasteiger partial charge in [-0.15, -0.1) is 12.1 Å². The van der Waals surface area contributed by atoms with Crippen LogP contribution in [0.4, 0.5) is 15.3 Å². The standard InChI is InChI=1S/C20H32NP.C19H20FN2O4S.Au/c1-21(2)19-15-9-10-16-20(19)22(17-11-5-3-6-12-17)18-13-7-4-8-14-18;20-27(24,25)26-18-12-6-14(7-13-18)19(23)22-17-10-8-16(9-11-17)21-15-4-2-1-3-5-15;/h9-10,15-18H,3-8,11-14H2,1-2H3;2-7,12-13,16-17,21H,8-11H2,(H,22,23);/q;-1;+1/p+1. The van der Waals surface area contributed by atoms with Crippen molar-refractivity contribution in [2.24, 2.45) is 0 Å².